The first-order chi connectivity index (χ1) is 8.60. The Labute approximate surface area is 106 Å². The third kappa shape index (κ3) is 3.77. The average Bonchev–Trinajstić information content (AvgIpc) is 2.36. The lowest BCUT2D eigenvalue weighted by molar-refractivity contribution is -0.130. The maximum atomic E-state index is 13.4. The van der Waals surface area contributed by atoms with Crippen LogP contribution in [0.1, 0.15) is 18.9 Å². The number of hydrogen-bond acceptors (Lipinski definition) is 2. The molecule has 0 spiro atoms. The van der Waals surface area contributed by atoms with Gasteiger partial charge < -0.3 is 10.6 Å². The molecule has 0 bridgehead atoms. The van der Waals surface area contributed by atoms with Gasteiger partial charge in [-0.1, -0.05) is 12.1 Å². The molecule has 1 aromatic carbocycles. The molecule has 5 heteroatoms. The molecule has 1 rings (SSSR count). The number of amides is 1. The predicted octanol–water partition coefficient (Wildman–Crippen LogP) is 1.70. The molecule has 0 aliphatic heterocycles. The summed E-state index contributed by atoms with van der Waals surface area (Å²) in [7, 11) is 0. The van der Waals surface area contributed by atoms with E-state index in [1.807, 2.05) is 6.92 Å². The van der Waals surface area contributed by atoms with Gasteiger partial charge in [0.05, 0.1) is 6.42 Å². The molecule has 1 aromatic rings. The normalized spacial score (nSPS) is 10.4. The van der Waals surface area contributed by atoms with E-state index in [1.165, 1.54) is 12.1 Å². The molecule has 0 heterocycles. The average molecular weight is 256 g/mol. The van der Waals surface area contributed by atoms with Crippen LogP contribution in [0.5, 0.6) is 0 Å². The van der Waals surface area contributed by atoms with Crippen molar-refractivity contribution in [3.05, 3.63) is 35.4 Å². The van der Waals surface area contributed by atoms with Crippen LogP contribution in [0.2, 0.25) is 0 Å². The molecule has 0 aliphatic rings. The third-order valence-electron chi connectivity index (χ3n) is 2.74. The van der Waals surface area contributed by atoms with Crippen molar-refractivity contribution in [3.63, 3.8) is 0 Å². The molecule has 0 aromatic heterocycles. The van der Waals surface area contributed by atoms with E-state index in [9.17, 15) is 13.6 Å². The standard InChI is InChI=1S/C13H18F2N2O/c1-2-17(8-4-7-16)12(18)9-10-5-3-6-11(14)13(10)15/h3,5-6H,2,4,7-9,16H2,1H3. The molecular formula is C13H18F2N2O. The summed E-state index contributed by atoms with van der Waals surface area (Å²) in [4.78, 5) is 13.5. The Kier molecular flexibility index (Phi) is 5.71. The number of nitrogens with two attached hydrogens (primary N) is 1. The summed E-state index contributed by atoms with van der Waals surface area (Å²) >= 11 is 0. The van der Waals surface area contributed by atoms with Crippen LogP contribution < -0.4 is 5.73 Å². The van der Waals surface area contributed by atoms with Crippen LogP contribution in [0, 0.1) is 11.6 Å². The minimum Gasteiger partial charge on any atom is -0.343 e. The van der Waals surface area contributed by atoms with Gasteiger partial charge in [0.1, 0.15) is 0 Å². The molecule has 0 fully saturated rings. The van der Waals surface area contributed by atoms with Crippen molar-refractivity contribution in [2.45, 2.75) is 19.8 Å². The van der Waals surface area contributed by atoms with E-state index in [0.717, 1.165) is 6.07 Å². The largest absolute Gasteiger partial charge is 0.343 e. The Bertz CT molecular complexity index is 410. The number of likely N-dealkylation sites (N-methyl/N-ethyl adjacent to an activating group) is 1. The highest BCUT2D eigenvalue weighted by Gasteiger charge is 2.15. The van der Waals surface area contributed by atoms with Crippen molar-refractivity contribution in [2.24, 2.45) is 5.73 Å². The lowest BCUT2D eigenvalue weighted by Gasteiger charge is -2.20. The Morgan fingerprint density at radius 3 is 2.72 bits per heavy atom. The molecule has 2 N–H and O–H groups in total. The van der Waals surface area contributed by atoms with Gasteiger partial charge in [0.15, 0.2) is 11.6 Å². The first-order valence-electron chi connectivity index (χ1n) is 6.00. The zero-order valence-electron chi connectivity index (χ0n) is 10.5. The van der Waals surface area contributed by atoms with E-state index in [4.69, 9.17) is 5.73 Å². The van der Waals surface area contributed by atoms with Gasteiger partial charge in [-0.15, -0.1) is 0 Å². The Morgan fingerprint density at radius 1 is 1.39 bits per heavy atom. The lowest BCUT2D eigenvalue weighted by Crippen LogP contribution is -2.34. The first-order valence-corrected chi connectivity index (χ1v) is 6.00. The van der Waals surface area contributed by atoms with Crippen molar-refractivity contribution in [1.82, 2.24) is 4.90 Å². The number of nitrogens with zero attached hydrogens (tertiary/aromatic N) is 1. The second-order valence-electron chi connectivity index (χ2n) is 4.01. The summed E-state index contributed by atoms with van der Waals surface area (Å²) in [6, 6.07) is 3.86. The fourth-order valence-corrected chi connectivity index (χ4v) is 1.70. The fourth-order valence-electron chi connectivity index (χ4n) is 1.70. The van der Waals surface area contributed by atoms with Crippen LogP contribution >= 0.6 is 0 Å². The predicted molar refractivity (Wildman–Crippen MR) is 66.0 cm³/mol. The van der Waals surface area contributed by atoms with Crippen molar-refractivity contribution in [2.75, 3.05) is 19.6 Å². The van der Waals surface area contributed by atoms with Crippen LogP contribution in [0.3, 0.4) is 0 Å². The van der Waals surface area contributed by atoms with Crippen LogP contribution in [0.4, 0.5) is 8.78 Å². The molecule has 100 valence electrons. The summed E-state index contributed by atoms with van der Waals surface area (Å²) in [6.45, 7) is 3.42. The SMILES string of the molecule is CCN(CCCN)C(=O)Cc1cccc(F)c1F. The molecule has 3 nitrogen and oxygen atoms in total. The molecule has 0 saturated carbocycles. The van der Waals surface area contributed by atoms with Crippen LogP contribution in [0.25, 0.3) is 0 Å². The molecular weight excluding hydrogens is 238 g/mol. The topological polar surface area (TPSA) is 46.3 Å². The van der Waals surface area contributed by atoms with Crippen molar-refractivity contribution in [1.29, 1.82) is 0 Å². The van der Waals surface area contributed by atoms with E-state index in [2.05, 4.69) is 0 Å². The summed E-state index contributed by atoms with van der Waals surface area (Å²) in [5, 5.41) is 0. The lowest BCUT2D eigenvalue weighted by atomic mass is 10.1. The minimum atomic E-state index is -0.944. The molecule has 0 unspecified atom stereocenters. The molecule has 0 saturated heterocycles. The number of rotatable bonds is 6. The van der Waals surface area contributed by atoms with Gasteiger partial charge in [0.2, 0.25) is 5.91 Å². The molecule has 0 atom stereocenters. The number of halogens is 2. The summed E-state index contributed by atoms with van der Waals surface area (Å²) < 4.78 is 26.4. The zero-order chi connectivity index (χ0) is 13.5. The summed E-state index contributed by atoms with van der Waals surface area (Å²) in [6.07, 6.45) is 0.577. The highest BCUT2D eigenvalue weighted by Crippen LogP contribution is 2.13. The minimum absolute atomic E-state index is 0.0891. The maximum Gasteiger partial charge on any atom is 0.227 e. The van der Waals surface area contributed by atoms with Crippen molar-refractivity contribution >= 4 is 5.91 Å². The number of hydrogen-bond donors (Lipinski definition) is 1. The number of carbonyl (C=O) groups excluding carboxylic acids is 1. The van der Waals surface area contributed by atoms with Gasteiger partial charge in [-0.3, -0.25) is 4.79 Å². The van der Waals surface area contributed by atoms with E-state index < -0.39 is 11.6 Å². The van der Waals surface area contributed by atoms with Gasteiger partial charge in [0.25, 0.3) is 0 Å². The van der Waals surface area contributed by atoms with Gasteiger partial charge >= 0.3 is 0 Å². The Balaban J connectivity index is 2.70. The van der Waals surface area contributed by atoms with Crippen LogP contribution in [0.15, 0.2) is 18.2 Å². The maximum absolute atomic E-state index is 13.4. The number of carbonyl (C=O) groups is 1. The van der Waals surface area contributed by atoms with E-state index in [-0.39, 0.29) is 17.9 Å². The van der Waals surface area contributed by atoms with Gasteiger partial charge in [-0.05, 0) is 26.0 Å². The molecule has 1 amide bonds. The molecule has 0 aliphatic carbocycles. The second kappa shape index (κ2) is 7.06. The first kappa shape index (κ1) is 14.6. The zero-order valence-corrected chi connectivity index (χ0v) is 10.5. The fraction of sp³-hybridized carbons (Fsp3) is 0.462. The second-order valence-corrected chi connectivity index (χ2v) is 4.01. The van der Waals surface area contributed by atoms with Crippen molar-refractivity contribution < 1.29 is 13.6 Å². The van der Waals surface area contributed by atoms with Crippen molar-refractivity contribution in [3.8, 4) is 0 Å². The molecule has 0 radical (unpaired) electrons. The van der Waals surface area contributed by atoms with Gasteiger partial charge in [-0.25, -0.2) is 8.78 Å². The molecule has 18 heavy (non-hydrogen) atoms. The third-order valence-corrected chi connectivity index (χ3v) is 2.74. The van der Waals surface area contributed by atoms with E-state index in [0.29, 0.717) is 26.1 Å². The Morgan fingerprint density at radius 2 is 2.11 bits per heavy atom. The van der Waals surface area contributed by atoms with E-state index >= 15 is 0 Å². The van der Waals surface area contributed by atoms with Crippen LogP contribution in [-0.2, 0) is 11.2 Å². The monoisotopic (exact) mass is 256 g/mol. The number of benzene rings is 1. The van der Waals surface area contributed by atoms with E-state index in [1.54, 1.807) is 4.90 Å². The summed E-state index contributed by atoms with van der Waals surface area (Å²) in [5.74, 6) is -2.08. The summed E-state index contributed by atoms with van der Waals surface area (Å²) in [5.41, 5.74) is 5.47. The quantitative estimate of drug-likeness (QED) is 0.842. The van der Waals surface area contributed by atoms with Gasteiger partial charge in [0, 0.05) is 18.7 Å². The Hall–Kier alpha value is -1.49. The highest BCUT2D eigenvalue weighted by molar-refractivity contribution is 5.78. The smallest absolute Gasteiger partial charge is 0.227 e. The highest BCUT2D eigenvalue weighted by atomic mass is 19.2. The van der Waals surface area contributed by atoms with Gasteiger partial charge in [-0.2, -0.15) is 0 Å². The van der Waals surface area contributed by atoms with Crippen LogP contribution in [-0.4, -0.2) is 30.4 Å².